The van der Waals surface area contributed by atoms with Gasteiger partial charge in [-0.25, -0.2) is 4.79 Å². The Morgan fingerprint density at radius 3 is 2.07 bits per heavy atom. The van der Waals surface area contributed by atoms with Crippen molar-refractivity contribution >= 4 is 6.03 Å². The highest BCUT2D eigenvalue weighted by atomic mass is 16.2. The summed E-state index contributed by atoms with van der Waals surface area (Å²) in [5.41, 5.74) is 2.21. The fraction of sp³-hybridized carbons (Fsp3) is 0.458. The molecule has 0 saturated carbocycles. The van der Waals surface area contributed by atoms with Gasteiger partial charge < -0.3 is 15.5 Å². The van der Waals surface area contributed by atoms with Gasteiger partial charge in [-0.15, -0.1) is 0 Å². The Balaban J connectivity index is 1.38. The van der Waals surface area contributed by atoms with E-state index in [1.165, 1.54) is 12.8 Å². The molecule has 2 atom stereocenters. The first-order valence-electron chi connectivity index (χ1n) is 10.8. The fourth-order valence-electron chi connectivity index (χ4n) is 4.57. The number of hydrogen-bond acceptors (Lipinski definition) is 3. The van der Waals surface area contributed by atoms with Crippen LogP contribution in [0, 0.1) is 0 Å². The number of hydrogen-bond donors (Lipinski definition) is 2. The van der Waals surface area contributed by atoms with Crippen molar-refractivity contribution in [1.29, 1.82) is 0 Å². The van der Waals surface area contributed by atoms with E-state index in [-0.39, 0.29) is 12.1 Å². The van der Waals surface area contributed by atoms with Crippen molar-refractivity contribution in [2.75, 3.05) is 32.7 Å². The van der Waals surface area contributed by atoms with Gasteiger partial charge in [-0.2, -0.15) is 0 Å². The topological polar surface area (TPSA) is 47.6 Å². The van der Waals surface area contributed by atoms with Crippen LogP contribution in [0.5, 0.6) is 0 Å². The molecule has 5 heteroatoms. The molecule has 2 aromatic carbocycles. The standard InChI is InChI=1S/C24H32N4O/c1-19(22-13-8-14-25-22)27-15-17-28(18-16-27)24(29)26-23(20-9-4-2-5-10-20)21-11-6-3-7-12-21/h2-7,9-12,19,22-23,25H,8,13-18H2,1H3,(H,26,29)/t19-,22?/m0/s1. The van der Waals surface area contributed by atoms with Crippen LogP contribution in [0.25, 0.3) is 0 Å². The van der Waals surface area contributed by atoms with Gasteiger partial charge in [0.05, 0.1) is 6.04 Å². The highest BCUT2D eigenvalue weighted by Crippen LogP contribution is 2.22. The maximum atomic E-state index is 13.1. The van der Waals surface area contributed by atoms with Crippen LogP contribution in [-0.2, 0) is 0 Å². The Bertz CT molecular complexity index is 728. The Labute approximate surface area is 174 Å². The minimum atomic E-state index is -0.135. The van der Waals surface area contributed by atoms with Gasteiger partial charge in [0.1, 0.15) is 0 Å². The van der Waals surface area contributed by atoms with Gasteiger partial charge in [0.25, 0.3) is 0 Å². The molecular weight excluding hydrogens is 360 g/mol. The molecule has 2 aliphatic heterocycles. The van der Waals surface area contributed by atoms with Gasteiger partial charge >= 0.3 is 6.03 Å². The zero-order chi connectivity index (χ0) is 20.1. The first-order valence-corrected chi connectivity index (χ1v) is 10.8. The lowest BCUT2D eigenvalue weighted by Crippen LogP contribution is -2.57. The highest BCUT2D eigenvalue weighted by Gasteiger charge is 2.30. The van der Waals surface area contributed by atoms with Crippen LogP contribution >= 0.6 is 0 Å². The van der Waals surface area contributed by atoms with Crippen molar-refractivity contribution in [3.63, 3.8) is 0 Å². The van der Waals surface area contributed by atoms with Gasteiger partial charge in [-0.05, 0) is 37.4 Å². The Morgan fingerprint density at radius 1 is 0.966 bits per heavy atom. The van der Waals surface area contributed by atoms with E-state index in [0.717, 1.165) is 43.9 Å². The molecule has 2 N–H and O–H groups in total. The summed E-state index contributed by atoms with van der Waals surface area (Å²) in [5, 5.41) is 6.89. The van der Waals surface area contributed by atoms with E-state index in [2.05, 4.69) is 46.7 Å². The first kappa shape index (κ1) is 19.9. The molecule has 1 unspecified atom stereocenters. The molecule has 2 fully saturated rings. The van der Waals surface area contributed by atoms with Crippen molar-refractivity contribution in [3.05, 3.63) is 71.8 Å². The van der Waals surface area contributed by atoms with E-state index < -0.39 is 0 Å². The molecule has 4 rings (SSSR count). The third-order valence-corrected chi connectivity index (χ3v) is 6.39. The molecule has 0 radical (unpaired) electrons. The van der Waals surface area contributed by atoms with Crippen LogP contribution < -0.4 is 10.6 Å². The molecule has 2 heterocycles. The second-order valence-electron chi connectivity index (χ2n) is 8.17. The minimum Gasteiger partial charge on any atom is -0.327 e. The number of nitrogens with one attached hydrogen (secondary N) is 2. The van der Waals surface area contributed by atoms with Crippen LogP contribution in [0.3, 0.4) is 0 Å². The first-order chi connectivity index (χ1) is 14.2. The third kappa shape index (κ3) is 4.80. The molecule has 2 saturated heterocycles. The number of nitrogens with zero attached hydrogens (tertiary/aromatic N) is 2. The zero-order valence-electron chi connectivity index (χ0n) is 17.3. The average molecular weight is 393 g/mol. The SMILES string of the molecule is C[C@@H](C1CCCN1)N1CCN(C(=O)NC(c2ccccc2)c2ccccc2)CC1. The molecule has 2 aromatic rings. The molecule has 2 amide bonds. The fourth-order valence-corrected chi connectivity index (χ4v) is 4.57. The molecule has 0 aliphatic carbocycles. The number of carbonyl (C=O) groups excluding carboxylic acids is 1. The Hall–Kier alpha value is -2.37. The van der Waals surface area contributed by atoms with Gasteiger partial charge in [0.2, 0.25) is 0 Å². The number of piperazine rings is 1. The number of amides is 2. The van der Waals surface area contributed by atoms with E-state index in [9.17, 15) is 4.79 Å². The third-order valence-electron chi connectivity index (χ3n) is 6.39. The average Bonchev–Trinajstić information content (AvgIpc) is 3.33. The normalized spacial score (nSPS) is 21.3. The second-order valence-corrected chi connectivity index (χ2v) is 8.17. The Kier molecular flexibility index (Phi) is 6.47. The van der Waals surface area contributed by atoms with E-state index in [1.807, 2.05) is 41.3 Å². The van der Waals surface area contributed by atoms with Gasteiger partial charge in [-0.3, -0.25) is 4.90 Å². The van der Waals surface area contributed by atoms with E-state index in [0.29, 0.717) is 12.1 Å². The van der Waals surface area contributed by atoms with Gasteiger partial charge in [-0.1, -0.05) is 60.7 Å². The summed E-state index contributed by atoms with van der Waals surface area (Å²) in [4.78, 5) is 17.6. The van der Waals surface area contributed by atoms with Gasteiger partial charge in [0.15, 0.2) is 0 Å². The molecule has 0 aromatic heterocycles. The van der Waals surface area contributed by atoms with Crippen molar-refractivity contribution in [1.82, 2.24) is 20.4 Å². The Morgan fingerprint density at radius 2 is 1.55 bits per heavy atom. The summed E-state index contributed by atoms with van der Waals surface area (Å²) in [6, 6.07) is 21.4. The quantitative estimate of drug-likeness (QED) is 0.821. The van der Waals surface area contributed by atoms with Crippen molar-refractivity contribution in [3.8, 4) is 0 Å². The number of urea groups is 1. The smallest absolute Gasteiger partial charge is 0.318 e. The van der Waals surface area contributed by atoms with Crippen LogP contribution in [0.2, 0.25) is 0 Å². The lowest BCUT2D eigenvalue weighted by atomic mass is 9.99. The summed E-state index contributed by atoms with van der Waals surface area (Å²) >= 11 is 0. The largest absolute Gasteiger partial charge is 0.327 e. The van der Waals surface area contributed by atoms with E-state index in [1.54, 1.807) is 0 Å². The molecular formula is C24H32N4O. The number of benzene rings is 2. The number of rotatable bonds is 5. The molecule has 2 aliphatic rings. The van der Waals surface area contributed by atoms with Crippen LogP contribution in [0.4, 0.5) is 4.79 Å². The second kappa shape index (κ2) is 9.42. The van der Waals surface area contributed by atoms with Crippen molar-refractivity contribution < 1.29 is 4.79 Å². The molecule has 0 bridgehead atoms. The summed E-state index contributed by atoms with van der Waals surface area (Å²) in [6.45, 7) is 6.89. The van der Waals surface area contributed by atoms with Crippen LogP contribution in [0.15, 0.2) is 60.7 Å². The minimum absolute atomic E-state index is 0.0222. The maximum Gasteiger partial charge on any atom is 0.318 e. The van der Waals surface area contributed by atoms with Crippen LogP contribution in [-0.4, -0.2) is 60.6 Å². The predicted octanol–water partition coefficient (Wildman–Crippen LogP) is 3.24. The van der Waals surface area contributed by atoms with Crippen LogP contribution in [0.1, 0.15) is 36.9 Å². The summed E-state index contributed by atoms with van der Waals surface area (Å²) in [7, 11) is 0. The summed E-state index contributed by atoms with van der Waals surface area (Å²) in [6.07, 6.45) is 2.54. The molecule has 0 spiro atoms. The summed E-state index contributed by atoms with van der Waals surface area (Å²) in [5.74, 6) is 0. The highest BCUT2D eigenvalue weighted by molar-refractivity contribution is 5.75. The molecule has 5 nitrogen and oxygen atoms in total. The van der Waals surface area contributed by atoms with Crippen molar-refractivity contribution in [2.45, 2.75) is 37.9 Å². The van der Waals surface area contributed by atoms with Crippen molar-refractivity contribution in [2.24, 2.45) is 0 Å². The maximum absolute atomic E-state index is 13.1. The van der Waals surface area contributed by atoms with E-state index in [4.69, 9.17) is 0 Å². The number of carbonyl (C=O) groups is 1. The molecule has 29 heavy (non-hydrogen) atoms. The van der Waals surface area contributed by atoms with E-state index >= 15 is 0 Å². The molecule has 154 valence electrons. The lowest BCUT2D eigenvalue weighted by Gasteiger charge is -2.40. The summed E-state index contributed by atoms with van der Waals surface area (Å²) < 4.78 is 0. The lowest BCUT2D eigenvalue weighted by molar-refractivity contribution is 0.0998. The predicted molar refractivity (Wildman–Crippen MR) is 117 cm³/mol. The zero-order valence-corrected chi connectivity index (χ0v) is 17.3. The monoisotopic (exact) mass is 392 g/mol. The van der Waals surface area contributed by atoms with Gasteiger partial charge in [0, 0.05) is 38.3 Å².